The van der Waals surface area contributed by atoms with Crippen LogP contribution < -0.4 is 5.73 Å². The molecule has 0 aliphatic rings. The lowest BCUT2D eigenvalue weighted by atomic mass is 10.5. The lowest BCUT2D eigenvalue weighted by Crippen LogP contribution is -2.46. The molecule has 0 atom stereocenters. The van der Waals surface area contributed by atoms with Gasteiger partial charge in [-0.1, -0.05) is 0 Å². The second-order valence-electron chi connectivity index (χ2n) is 7.20. The SMILES string of the molecule is CCO[Si](CCCN)(OCC)OCC.C[Si](C)(C)O[Si](C)(C)C. The Morgan fingerprint density at radius 3 is 1.22 bits per heavy atom. The van der Waals surface area contributed by atoms with Gasteiger partial charge in [0.05, 0.1) is 0 Å². The first-order chi connectivity index (χ1) is 10.4. The smallest absolute Gasteiger partial charge is 0.456 e. The summed E-state index contributed by atoms with van der Waals surface area (Å²) in [5.41, 5.74) is 5.48. The zero-order valence-corrected chi connectivity index (χ0v) is 20.0. The largest absolute Gasteiger partial charge is 0.500 e. The summed E-state index contributed by atoms with van der Waals surface area (Å²) in [5.74, 6) is 0. The van der Waals surface area contributed by atoms with Gasteiger partial charge in [0, 0.05) is 25.9 Å². The lowest BCUT2D eigenvalue weighted by molar-refractivity contribution is 0.0710. The van der Waals surface area contributed by atoms with Gasteiger partial charge in [-0.25, -0.2) is 0 Å². The van der Waals surface area contributed by atoms with Gasteiger partial charge < -0.3 is 23.1 Å². The highest BCUT2D eigenvalue weighted by molar-refractivity contribution is 6.83. The summed E-state index contributed by atoms with van der Waals surface area (Å²) in [6.45, 7) is 21.9. The molecule has 23 heavy (non-hydrogen) atoms. The zero-order valence-electron chi connectivity index (χ0n) is 17.0. The van der Waals surface area contributed by atoms with E-state index in [9.17, 15) is 0 Å². The maximum Gasteiger partial charge on any atom is 0.500 e. The Balaban J connectivity index is 0. The van der Waals surface area contributed by atoms with Crippen molar-refractivity contribution < 1.29 is 17.4 Å². The normalized spacial score (nSPS) is 12.8. The highest BCUT2D eigenvalue weighted by atomic mass is 28.4. The summed E-state index contributed by atoms with van der Waals surface area (Å²) in [5, 5.41) is 0. The maximum absolute atomic E-state index is 5.90. The molecule has 0 aromatic heterocycles. The van der Waals surface area contributed by atoms with Crippen LogP contribution in [-0.4, -0.2) is 51.8 Å². The van der Waals surface area contributed by atoms with E-state index in [1.165, 1.54) is 0 Å². The molecule has 0 spiro atoms. The van der Waals surface area contributed by atoms with Crippen molar-refractivity contribution in [3.05, 3.63) is 0 Å². The molecule has 0 aromatic carbocycles. The van der Waals surface area contributed by atoms with Crippen LogP contribution in [0.5, 0.6) is 0 Å². The van der Waals surface area contributed by atoms with Crippen molar-refractivity contribution in [2.24, 2.45) is 5.73 Å². The van der Waals surface area contributed by atoms with Crippen LogP contribution in [-0.2, 0) is 17.4 Å². The molecule has 0 amide bonds. The summed E-state index contributed by atoms with van der Waals surface area (Å²) in [6.07, 6.45) is 0.895. The molecule has 0 aromatic rings. The molecule has 142 valence electrons. The Kier molecular flexibility index (Phi) is 14.3. The van der Waals surface area contributed by atoms with Crippen LogP contribution in [0.25, 0.3) is 0 Å². The van der Waals surface area contributed by atoms with E-state index in [-0.39, 0.29) is 0 Å². The third kappa shape index (κ3) is 17.1. The Morgan fingerprint density at radius 2 is 1.04 bits per heavy atom. The minimum atomic E-state index is -2.40. The van der Waals surface area contributed by atoms with Crippen molar-refractivity contribution in [1.82, 2.24) is 0 Å². The number of rotatable bonds is 11. The van der Waals surface area contributed by atoms with Crippen molar-refractivity contribution in [2.75, 3.05) is 26.4 Å². The van der Waals surface area contributed by atoms with Crippen LogP contribution in [0.3, 0.4) is 0 Å². The highest BCUT2D eigenvalue weighted by Crippen LogP contribution is 2.17. The van der Waals surface area contributed by atoms with Crippen LogP contribution in [0.2, 0.25) is 45.3 Å². The Labute approximate surface area is 147 Å². The van der Waals surface area contributed by atoms with E-state index in [0.717, 1.165) is 12.5 Å². The van der Waals surface area contributed by atoms with E-state index in [4.69, 9.17) is 23.1 Å². The predicted octanol–water partition coefficient (Wildman–Crippen LogP) is 4.06. The van der Waals surface area contributed by atoms with Gasteiger partial charge in [0.25, 0.3) is 0 Å². The first-order valence-electron chi connectivity index (χ1n) is 8.77. The van der Waals surface area contributed by atoms with E-state index < -0.39 is 25.4 Å². The molecule has 0 heterocycles. The summed E-state index contributed by atoms with van der Waals surface area (Å²) in [7, 11) is -4.86. The fourth-order valence-corrected chi connectivity index (χ4v) is 12.2. The van der Waals surface area contributed by atoms with Gasteiger partial charge in [0.1, 0.15) is 0 Å². The third-order valence-electron chi connectivity index (χ3n) is 2.39. The highest BCUT2D eigenvalue weighted by Gasteiger charge is 2.39. The molecule has 0 aliphatic carbocycles. The fourth-order valence-electron chi connectivity index (χ4n) is 2.24. The molecule has 2 N–H and O–H groups in total. The van der Waals surface area contributed by atoms with Crippen molar-refractivity contribution in [3.8, 4) is 0 Å². The predicted molar refractivity (Wildman–Crippen MR) is 107 cm³/mol. The number of nitrogens with two attached hydrogens (primary N) is 1. The maximum atomic E-state index is 5.90. The third-order valence-corrected chi connectivity index (χ3v) is 10.4. The van der Waals surface area contributed by atoms with Gasteiger partial charge in [0.15, 0.2) is 16.6 Å². The van der Waals surface area contributed by atoms with Gasteiger partial charge >= 0.3 is 8.80 Å². The molecule has 5 nitrogen and oxygen atoms in total. The summed E-state index contributed by atoms with van der Waals surface area (Å²) in [4.78, 5) is 0. The average molecular weight is 384 g/mol. The van der Waals surface area contributed by atoms with E-state index in [1.807, 2.05) is 20.8 Å². The summed E-state index contributed by atoms with van der Waals surface area (Å²) < 4.78 is 22.9. The molecule has 0 rings (SSSR count). The molecule has 0 unspecified atom stereocenters. The molecule has 0 radical (unpaired) electrons. The van der Waals surface area contributed by atoms with Gasteiger partial charge in [-0.2, -0.15) is 0 Å². The molecule has 0 aliphatic heterocycles. The topological polar surface area (TPSA) is 62.9 Å². The monoisotopic (exact) mass is 383 g/mol. The van der Waals surface area contributed by atoms with Crippen LogP contribution in [0, 0.1) is 0 Å². The van der Waals surface area contributed by atoms with Crippen LogP contribution in [0.1, 0.15) is 27.2 Å². The van der Waals surface area contributed by atoms with E-state index in [1.54, 1.807) is 0 Å². The van der Waals surface area contributed by atoms with Crippen molar-refractivity contribution >= 4 is 25.4 Å². The number of hydrogen-bond acceptors (Lipinski definition) is 5. The van der Waals surface area contributed by atoms with E-state index in [2.05, 4.69) is 39.3 Å². The van der Waals surface area contributed by atoms with Gasteiger partial charge in [-0.05, 0) is 73.0 Å². The van der Waals surface area contributed by atoms with Crippen molar-refractivity contribution in [1.29, 1.82) is 0 Å². The minimum absolute atomic E-state index is 0.636. The summed E-state index contributed by atoms with van der Waals surface area (Å²) >= 11 is 0. The fraction of sp³-hybridized carbons (Fsp3) is 1.00. The number of hydrogen-bond donors (Lipinski definition) is 1. The molecule has 0 saturated heterocycles. The Bertz CT molecular complexity index is 252. The lowest BCUT2D eigenvalue weighted by Gasteiger charge is -2.28. The minimum Gasteiger partial charge on any atom is -0.456 e. The van der Waals surface area contributed by atoms with Crippen LogP contribution in [0.4, 0.5) is 0 Å². The quantitative estimate of drug-likeness (QED) is 0.545. The standard InChI is InChI=1S/C9H23NO3Si.C6H18OSi2/c1-4-11-14(12-5-2,13-6-3)9-7-8-10;1-8(2,3)7-9(4,5)6/h4-10H2,1-3H3;1-6H3. The molecule has 0 bridgehead atoms. The van der Waals surface area contributed by atoms with Gasteiger partial charge in [-0.15, -0.1) is 0 Å². The van der Waals surface area contributed by atoms with Gasteiger partial charge in [0.2, 0.25) is 0 Å². The molecular weight excluding hydrogens is 342 g/mol. The molecule has 0 fully saturated rings. The average Bonchev–Trinajstić information content (AvgIpc) is 2.33. The Hall–Kier alpha value is 0.451. The van der Waals surface area contributed by atoms with Crippen LogP contribution >= 0.6 is 0 Å². The van der Waals surface area contributed by atoms with Crippen LogP contribution in [0.15, 0.2) is 0 Å². The van der Waals surface area contributed by atoms with Crippen molar-refractivity contribution in [2.45, 2.75) is 72.5 Å². The van der Waals surface area contributed by atoms with Crippen molar-refractivity contribution in [3.63, 3.8) is 0 Å². The first kappa shape index (κ1) is 25.7. The first-order valence-corrected chi connectivity index (χ1v) is 17.5. The summed E-state index contributed by atoms with van der Waals surface area (Å²) in [6, 6.07) is 0.818. The molecule has 8 heteroatoms. The molecular formula is C15H41NO4Si3. The molecule has 0 saturated carbocycles. The Morgan fingerprint density at radius 1 is 0.696 bits per heavy atom. The second kappa shape index (κ2) is 12.8. The second-order valence-corrected chi connectivity index (χ2v) is 19.2. The zero-order chi connectivity index (χ0) is 18.6. The van der Waals surface area contributed by atoms with E-state index in [0.29, 0.717) is 26.4 Å². The van der Waals surface area contributed by atoms with Gasteiger partial charge in [-0.3, -0.25) is 0 Å². The van der Waals surface area contributed by atoms with E-state index >= 15 is 0 Å².